The highest BCUT2D eigenvalue weighted by atomic mass is 79.9. The van der Waals surface area contributed by atoms with E-state index in [-0.39, 0.29) is 11.3 Å². The van der Waals surface area contributed by atoms with Gasteiger partial charge in [0.1, 0.15) is 5.82 Å². The van der Waals surface area contributed by atoms with Crippen molar-refractivity contribution in [2.45, 2.75) is 31.8 Å². The molecule has 0 amide bonds. The molecule has 0 spiro atoms. The van der Waals surface area contributed by atoms with Crippen molar-refractivity contribution in [3.63, 3.8) is 0 Å². The Bertz CT molecular complexity index is 554. The van der Waals surface area contributed by atoms with Gasteiger partial charge in [0.15, 0.2) is 11.9 Å². The first kappa shape index (κ1) is 14.9. The van der Waals surface area contributed by atoms with Crippen molar-refractivity contribution in [2.75, 3.05) is 0 Å². The van der Waals surface area contributed by atoms with E-state index in [4.69, 9.17) is 4.74 Å². The summed E-state index contributed by atoms with van der Waals surface area (Å²) in [6, 6.07) is 4.44. The molecule has 0 heterocycles. The molecular weight excluding hydrogens is 327 g/mol. The zero-order chi connectivity index (χ0) is 14.5. The third-order valence-corrected chi connectivity index (χ3v) is 3.61. The van der Waals surface area contributed by atoms with E-state index < -0.39 is 17.9 Å². The minimum atomic E-state index is -0.645. The second-order valence-electron chi connectivity index (χ2n) is 4.64. The van der Waals surface area contributed by atoms with Crippen LogP contribution in [0.1, 0.15) is 31.2 Å². The van der Waals surface area contributed by atoms with Gasteiger partial charge in [0.25, 0.3) is 0 Å². The molecule has 0 bridgehead atoms. The van der Waals surface area contributed by atoms with Crippen LogP contribution in [0.3, 0.4) is 0 Å². The third-order valence-electron chi connectivity index (χ3n) is 3.11. The monoisotopic (exact) mass is 340 g/mol. The Morgan fingerprint density at radius 2 is 2.20 bits per heavy atom. The maximum Gasteiger partial charge on any atom is 0.331 e. The molecule has 1 fully saturated rings. The number of carbonyl (C=O) groups is 2. The first-order valence-corrected chi connectivity index (χ1v) is 7.22. The molecule has 20 heavy (non-hydrogen) atoms. The van der Waals surface area contributed by atoms with E-state index in [2.05, 4.69) is 15.9 Å². The molecular formula is C15H14BrFO3. The zero-order valence-electron chi connectivity index (χ0n) is 10.8. The van der Waals surface area contributed by atoms with Gasteiger partial charge in [-0.1, -0.05) is 15.9 Å². The minimum Gasteiger partial charge on any atom is -0.451 e. The van der Waals surface area contributed by atoms with Crippen molar-refractivity contribution >= 4 is 33.8 Å². The van der Waals surface area contributed by atoms with Crippen LogP contribution in [-0.4, -0.2) is 17.9 Å². The van der Waals surface area contributed by atoms with Crippen LogP contribution >= 0.6 is 15.9 Å². The molecule has 3 nitrogen and oxygen atoms in total. The van der Waals surface area contributed by atoms with Gasteiger partial charge in [-0.05, 0) is 43.5 Å². The van der Waals surface area contributed by atoms with E-state index in [0.717, 1.165) is 23.4 Å². The van der Waals surface area contributed by atoms with E-state index in [1.54, 1.807) is 12.1 Å². The summed E-state index contributed by atoms with van der Waals surface area (Å²) in [6.07, 6.45) is 4.61. The lowest BCUT2D eigenvalue weighted by molar-refractivity contribution is -0.152. The fourth-order valence-electron chi connectivity index (χ4n) is 2.06. The molecule has 1 atom stereocenters. The molecule has 106 valence electrons. The number of ketones is 1. The second-order valence-corrected chi connectivity index (χ2v) is 5.55. The van der Waals surface area contributed by atoms with Crippen LogP contribution in [0.2, 0.25) is 0 Å². The molecule has 1 saturated carbocycles. The number of hydrogen-bond donors (Lipinski definition) is 0. The number of hydrogen-bond acceptors (Lipinski definition) is 3. The van der Waals surface area contributed by atoms with Crippen LogP contribution in [0.25, 0.3) is 6.08 Å². The fraction of sp³-hybridized carbons (Fsp3) is 0.333. The molecule has 1 aliphatic carbocycles. The summed E-state index contributed by atoms with van der Waals surface area (Å²) in [4.78, 5) is 23.2. The number of ether oxygens (including phenoxy) is 1. The average molecular weight is 341 g/mol. The van der Waals surface area contributed by atoms with Gasteiger partial charge in [-0.15, -0.1) is 0 Å². The SMILES string of the molecule is O=C(/C=C/c1cc(Br)ccc1F)OC1CCCCC1=O. The molecule has 0 N–H and O–H groups in total. The maximum atomic E-state index is 13.5. The number of carbonyl (C=O) groups excluding carboxylic acids is 2. The van der Waals surface area contributed by atoms with Gasteiger partial charge >= 0.3 is 5.97 Å². The Labute approximate surface area is 124 Å². The third kappa shape index (κ3) is 4.00. The molecule has 0 saturated heterocycles. The second kappa shape index (κ2) is 6.79. The Hall–Kier alpha value is -1.49. The topological polar surface area (TPSA) is 43.4 Å². The lowest BCUT2D eigenvalue weighted by atomic mass is 9.96. The van der Waals surface area contributed by atoms with Crippen LogP contribution in [0.4, 0.5) is 4.39 Å². The summed E-state index contributed by atoms with van der Waals surface area (Å²) in [5.41, 5.74) is 0.284. The first-order valence-electron chi connectivity index (χ1n) is 6.43. The Morgan fingerprint density at radius 3 is 2.95 bits per heavy atom. The van der Waals surface area contributed by atoms with Gasteiger partial charge in [-0.25, -0.2) is 9.18 Å². The molecule has 2 rings (SSSR count). The zero-order valence-corrected chi connectivity index (χ0v) is 12.4. The number of Topliss-reactive ketones (excluding diaryl/α,β-unsaturated/α-hetero) is 1. The average Bonchev–Trinajstić information content (AvgIpc) is 2.42. The van der Waals surface area contributed by atoms with Crippen molar-refractivity contribution in [3.05, 3.63) is 40.1 Å². The van der Waals surface area contributed by atoms with Crippen LogP contribution < -0.4 is 0 Å². The summed E-state index contributed by atoms with van der Waals surface area (Å²) in [6.45, 7) is 0. The van der Waals surface area contributed by atoms with E-state index in [0.29, 0.717) is 12.8 Å². The fourth-order valence-corrected chi connectivity index (χ4v) is 2.43. The van der Waals surface area contributed by atoms with Crippen LogP contribution in [0.15, 0.2) is 28.7 Å². The quantitative estimate of drug-likeness (QED) is 0.623. The normalized spacial score (nSPS) is 19.3. The van der Waals surface area contributed by atoms with Crippen LogP contribution in [0, 0.1) is 5.82 Å². The molecule has 0 aromatic heterocycles. The number of halogens is 2. The number of benzene rings is 1. The van der Waals surface area contributed by atoms with Gasteiger partial charge < -0.3 is 4.74 Å². The number of rotatable bonds is 3. The Balaban J connectivity index is 1.98. The van der Waals surface area contributed by atoms with E-state index in [9.17, 15) is 14.0 Å². The lowest BCUT2D eigenvalue weighted by Gasteiger charge is -2.19. The molecule has 1 aromatic carbocycles. The molecule has 1 aliphatic rings. The highest BCUT2D eigenvalue weighted by molar-refractivity contribution is 9.10. The van der Waals surface area contributed by atoms with Gasteiger partial charge in [0, 0.05) is 22.5 Å². The van der Waals surface area contributed by atoms with Crippen LogP contribution in [-0.2, 0) is 14.3 Å². The van der Waals surface area contributed by atoms with Gasteiger partial charge in [-0.3, -0.25) is 4.79 Å². The smallest absolute Gasteiger partial charge is 0.331 e. The molecule has 0 radical (unpaired) electrons. The summed E-state index contributed by atoms with van der Waals surface area (Å²) in [5.74, 6) is -1.08. The van der Waals surface area contributed by atoms with E-state index in [1.165, 1.54) is 12.1 Å². The van der Waals surface area contributed by atoms with Gasteiger partial charge in [0.05, 0.1) is 0 Å². The van der Waals surface area contributed by atoms with E-state index in [1.807, 2.05) is 0 Å². The van der Waals surface area contributed by atoms with Gasteiger partial charge in [0.2, 0.25) is 0 Å². The van der Waals surface area contributed by atoms with Gasteiger partial charge in [-0.2, -0.15) is 0 Å². The van der Waals surface area contributed by atoms with E-state index >= 15 is 0 Å². The minimum absolute atomic E-state index is 0.0355. The molecule has 1 aromatic rings. The highest BCUT2D eigenvalue weighted by Crippen LogP contribution is 2.19. The summed E-state index contributed by atoms with van der Waals surface area (Å²) in [7, 11) is 0. The molecule has 5 heteroatoms. The van der Waals surface area contributed by atoms with Crippen molar-refractivity contribution in [1.82, 2.24) is 0 Å². The van der Waals surface area contributed by atoms with Crippen molar-refractivity contribution in [1.29, 1.82) is 0 Å². The maximum absolute atomic E-state index is 13.5. The van der Waals surface area contributed by atoms with Crippen LogP contribution in [0.5, 0.6) is 0 Å². The largest absolute Gasteiger partial charge is 0.451 e. The first-order chi connectivity index (χ1) is 9.56. The standard InChI is InChI=1S/C15H14BrFO3/c16-11-6-7-12(17)10(9-11)5-8-15(19)20-14-4-2-1-3-13(14)18/h5-9,14H,1-4H2/b8-5+. The summed E-state index contributed by atoms with van der Waals surface area (Å²) in [5, 5.41) is 0. The summed E-state index contributed by atoms with van der Waals surface area (Å²) >= 11 is 3.23. The van der Waals surface area contributed by atoms with Crippen molar-refractivity contribution in [2.24, 2.45) is 0 Å². The highest BCUT2D eigenvalue weighted by Gasteiger charge is 2.24. The summed E-state index contributed by atoms with van der Waals surface area (Å²) < 4.78 is 19.3. The predicted molar refractivity (Wildman–Crippen MR) is 76.5 cm³/mol. The number of esters is 1. The predicted octanol–water partition coefficient (Wildman–Crippen LogP) is 3.66. The van der Waals surface area contributed by atoms with Crippen molar-refractivity contribution < 1.29 is 18.7 Å². The lowest BCUT2D eigenvalue weighted by Crippen LogP contribution is -2.29. The molecule has 1 unspecified atom stereocenters. The Kier molecular flexibility index (Phi) is 5.06. The Morgan fingerprint density at radius 1 is 1.40 bits per heavy atom. The molecule has 0 aliphatic heterocycles. The van der Waals surface area contributed by atoms with Crippen molar-refractivity contribution in [3.8, 4) is 0 Å².